The molecule has 0 unspecified atom stereocenters. The van der Waals surface area contributed by atoms with Crippen molar-refractivity contribution in [1.82, 2.24) is 20.1 Å². The van der Waals surface area contributed by atoms with Gasteiger partial charge in [-0.05, 0) is 24.5 Å². The molecule has 154 valence electrons. The fourth-order valence-corrected chi connectivity index (χ4v) is 4.58. The first-order valence-electron chi connectivity index (χ1n) is 10.4. The zero-order valence-electron chi connectivity index (χ0n) is 16.7. The molecule has 1 aliphatic carbocycles. The predicted molar refractivity (Wildman–Crippen MR) is 116 cm³/mol. The Kier molecular flexibility index (Phi) is 5.45. The lowest BCUT2D eigenvalue weighted by atomic mass is 10.0. The van der Waals surface area contributed by atoms with Gasteiger partial charge in [0.05, 0.1) is 24.9 Å². The SMILES string of the molecule is O=C(CSc1nnc(C2CC2)n1Cc1ccccc1)N[C@H]1CCOc2ccccc21. The van der Waals surface area contributed by atoms with Crippen LogP contribution in [0.15, 0.2) is 59.8 Å². The molecule has 0 bridgehead atoms. The van der Waals surface area contributed by atoms with Crippen LogP contribution in [-0.2, 0) is 11.3 Å². The quantitative estimate of drug-likeness (QED) is 0.587. The fourth-order valence-electron chi connectivity index (χ4n) is 3.82. The fraction of sp³-hybridized carbons (Fsp3) is 0.348. The van der Waals surface area contributed by atoms with Crippen LogP contribution in [0.4, 0.5) is 0 Å². The van der Waals surface area contributed by atoms with Crippen molar-refractivity contribution in [3.8, 4) is 5.75 Å². The number of benzene rings is 2. The van der Waals surface area contributed by atoms with Gasteiger partial charge in [0.15, 0.2) is 5.16 Å². The number of thioether (sulfide) groups is 1. The van der Waals surface area contributed by atoms with Crippen LogP contribution in [0.1, 0.15) is 48.2 Å². The molecule has 2 aliphatic rings. The Bertz CT molecular complexity index is 1030. The van der Waals surface area contributed by atoms with E-state index in [1.54, 1.807) is 0 Å². The van der Waals surface area contributed by atoms with Crippen LogP contribution in [0.25, 0.3) is 0 Å². The molecule has 0 radical (unpaired) electrons. The van der Waals surface area contributed by atoms with E-state index in [2.05, 4.69) is 32.2 Å². The maximum Gasteiger partial charge on any atom is 0.230 e. The molecule has 0 saturated heterocycles. The van der Waals surface area contributed by atoms with Crippen LogP contribution in [0.3, 0.4) is 0 Å². The van der Waals surface area contributed by atoms with Crippen molar-refractivity contribution in [2.75, 3.05) is 12.4 Å². The molecule has 5 rings (SSSR count). The van der Waals surface area contributed by atoms with Gasteiger partial charge in [0, 0.05) is 17.9 Å². The summed E-state index contributed by atoms with van der Waals surface area (Å²) >= 11 is 1.46. The maximum atomic E-state index is 12.7. The Hall–Kier alpha value is -2.80. The molecule has 7 heteroatoms. The molecule has 2 heterocycles. The van der Waals surface area contributed by atoms with Gasteiger partial charge in [0.1, 0.15) is 11.6 Å². The van der Waals surface area contributed by atoms with E-state index < -0.39 is 0 Å². The number of rotatable bonds is 7. The molecule has 30 heavy (non-hydrogen) atoms. The number of para-hydroxylation sites is 1. The van der Waals surface area contributed by atoms with Crippen LogP contribution >= 0.6 is 11.8 Å². The number of hydrogen-bond acceptors (Lipinski definition) is 5. The van der Waals surface area contributed by atoms with Crippen molar-refractivity contribution in [3.63, 3.8) is 0 Å². The van der Waals surface area contributed by atoms with E-state index in [9.17, 15) is 4.79 Å². The third kappa shape index (κ3) is 4.21. The highest BCUT2D eigenvalue weighted by Crippen LogP contribution is 2.40. The molecule has 1 aliphatic heterocycles. The average Bonchev–Trinajstić information content (AvgIpc) is 3.55. The lowest BCUT2D eigenvalue weighted by Gasteiger charge is -2.26. The summed E-state index contributed by atoms with van der Waals surface area (Å²) in [6.45, 7) is 1.35. The molecule has 0 spiro atoms. The molecule has 1 fully saturated rings. The van der Waals surface area contributed by atoms with E-state index >= 15 is 0 Å². The van der Waals surface area contributed by atoms with Crippen LogP contribution in [0.5, 0.6) is 5.75 Å². The van der Waals surface area contributed by atoms with Gasteiger partial charge in [-0.15, -0.1) is 10.2 Å². The number of nitrogens with one attached hydrogen (secondary N) is 1. The minimum atomic E-state index is -0.00716. The summed E-state index contributed by atoms with van der Waals surface area (Å²) in [5, 5.41) is 12.8. The highest BCUT2D eigenvalue weighted by atomic mass is 32.2. The van der Waals surface area contributed by atoms with Crippen molar-refractivity contribution in [1.29, 1.82) is 0 Å². The highest BCUT2D eigenvalue weighted by molar-refractivity contribution is 7.99. The van der Waals surface area contributed by atoms with E-state index in [0.717, 1.165) is 35.3 Å². The molecule has 3 aromatic rings. The van der Waals surface area contributed by atoms with Gasteiger partial charge >= 0.3 is 0 Å². The molecule has 2 aromatic carbocycles. The van der Waals surface area contributed by atoms with E-state index in [1.165, 1.54) is 30.2 Å². The minimum Gasteiger partial charge on any atom is -0.493 e. The second kappa shape index (κ2) is 8.52. The Morgan fingerprint density at radius 3 is 2.70 bits per heavy atom. The zero-order valence-corrected chi connectivity index (χ0v) is 17.5. The van der Waals surface area contributed by atoms with Gasteiger partial charge < -0.3 is 14.6 Å². The Morgan fingerprint density at radius 1 is 1.07 bits per heavy atom. The Balaban J connectivity index is 1.26. The summed E-state index contributed by atoms with van der Waals surface area (Å²) < 4.78 is 7.87. The van der Waals surface area contributed by atoms with Crippen molar-refractivity contribution < 1.29 is 9.53 Å². The number of carbonyl (C=O) groups is 1. The van der Waals surface area contributed by atoms with Crippen LogP contribution in [0.2, 0.25) is 0 Å². The number of nitrogens with zero attached hydrogens (tertiary/aromatic N) is 3. The summed E-state index contributed by atoms with van der Waals surface area (Å²) in [6, 6.07) is 18.2. The van der Waals surface area contributed by atoms with Gasteiger partial charge in [0.25, 0.3) is 0 Å². The average molecular weight is 421 g/mol. The third-order valence-corrected chi connectivity index (χ3v) is 6.46. The first kappa shape index (κ1) is 19.2. The summed E-state index contributed by atoms with van der Waals surface area (Å²) in [5.74, 6) is 2.72. The number of fused-ring (bicyclic) bond motifs is 1. The van der Waals surface area contributed by atoms with Gasteiger partial charge in [-0.25, -0.2) is 0 Å². The van der Waals surface area contributed by atoms with Gasteiger partial charge in [-0.1, -0.05) is 60.3 Å². The summed E-state index contributed by atoms with van der Waals surface area (Å²) in [7, 11) is 0. The number of aromatic nitrogens is 3. The lowest BCUT2D eigenvalue weighted by molar-refractivity contribution is -0.119. The third-order valence-electron chi connectivity index (χ3n) is 5.50. The smallest absolute Gasteiger partial charge is 0.230 e. The van der Waals surface area contributed by atoms with Crippen LogP contribution in [0, 0.1) is 0 Å². The van der Waals surface area contributed by atoms with Crippen molar-refractivity contribution in [3.05, 3.63) is 71.5 Å². The summed E-state index contributed by atoms with van der Waals surface area (Å²) in [6.07, 6.45) is 3.12. The Labute approximate surface area is 180 Å². The monoisotopic (exact) mass is 420 g/mol. The van der Waals surface area contributed by atoms with Crippen LogP contribution in [-0.4, -0.2) is 33.0 Å². The molecule has 1 saturated carbocycles. The Morgan fingerprint density at radius 2 is 1.87 bits per heavy atom. The van der Waals surface area contributed by atoms with Gasteiger partial charge in [-0.2, -0.15) is 0 Å². The maximum absolute atomic E-state index is 12.7. The first-order valence-corrected chi connectivity index (χ1v) is 11.4. The number of ether oxygens (including phenoxy) is 1. The van der Waals surface area contributed by atoms with E-state index in [1.807, 2.05) is 42.5 Å². The number of hydrogen-bond donors (Lipinski definition) is 1. The van der Waals surface area contributed by atoms with Gasteiger partial charge in [-0.3, -0.25) is 4.79 Å². The normalized spacial score (nSPS) is 17.8. The van der Waals surface area contributed by atoms with Crippen molar-refractivity contribution >= 4 is 17.7 Å². The van der Waals surface area contributed by atoms with E-state index in [-0.39, 0.29) is 11.9 Å². The van der Waals surface area contributed by atoms with Gasteiger partial charge in [0.2, 0.25) is 5.91 Å². The minimum absolute atomic E-state index is 0.00364. The predicted octanol–water partition coefficient (Wildman–Crippen LogP) is 3.94. The topological polar surface area (TPSA) is 69.0 Å². The van der Waals surface area contributed by atoms with Crippen molar-refractivity contribution in [2.24, 2.45) is 0 Å². The van der Waals surface area contributed by atoms with Crippen LogP contribution < -0.4 is 10.1 Å². The van der Waals surface area contributed by atoms with Crippen molar-refractivity contribution in [2.45, 2.75) is 42.9 Å². The summed E-state index contributed by atoms with van der Waals surface area (Å²) in [4.78, 5) is 12.7. The molecular formula is C23H24N4O2S. The summed E-state index contributed by atoms with van der Waals surface area (Å²) in [5.41, 5.74) is 2.26. The first-order chi connectivity index (χ1) is 14.8. The number of carbonyl (C=O) groups excluding carboxylic acids is 1. The second-order valence-corrected chi connectivity index (χ2v) is 8.71. The largest absolute Gasteiger partial charge is 0.493 e. The van der Waals surface area contributed by atoms with E-state index in [4.69, 9.17) is 4.74 Å². The number of amides is 1. The standard InChI is InChI=1S/C23H24N4O2S/c28-21(24-19-12-13-29-20-9-5-4-8-18(19)20)15-30-23-26-25-22(17-10-11-17)27(23)14-16-6-2-1-3-7-16/h1-9,17,19H,10-15H2,(H,24,28)/t19-/m0/s1. The molecule has 1 amide bonds. The molecule has 6 nitrogen and oxygen atoms in total. The zero-order chi connectivity index (χ0) is 20.3. The lowest BCUT2D eigenvalue weighted by Crippen LogP contribution is -2.33. The molecular weight excluding hydrogens is 396 g/mol. The van der Waals surface area contributed by atoms with E-state index in [0.29, 0.717) is 18.3 Å². The second-order valence-electron chi connectivity index (χ2n) is 7.77. The molecule has 1 atom stereocenters. The molecule has 1 aromatic heterocycles. The molecule has 1 N–H and O–H groups in total. The highest BCUT2D eigenvalue weighted by Gasteiger charge is 2.30.